The lowest BCUT2D eigenvalue weighted by Gasteiger charge is -2.20. The molecule has 2 aromatic heterocycles. The van der Waals surface area contributed by atoms with Gasteiger partial charge < -0.3 is 14.5 Å². The summed E-state index contributed by atoms with van der Waals surface area (Å²) in [5.41, 5.74) is 4.51. The minimum absolute atomic E-state index is 0.0242. The van der Waals surface area contributed by atoms with Crippen LogP contribution in [0.15, 0.2) is 48.8 Å². The highest BCUT2D eigenvalue weighted by atomic mass is 16.2. The second-order valence-corrected chi connectivity index (χ2v) is 6.39. The van der Waals surface area contributed by atoms with Crippen molar-refractivity contribution in [3.8, 4) is 0 Å². The monoisotopic (exact) mass is 347 g/mol. The standard InChI is InChI=1S/C20H21N5O/c1-3-25(11-10-19-22-15-6-4-5-7-16(15)23-19)20(26)14-8-9-18-17(12-14)21-13-24(18)2/h4-9,12-13H,3,10-11H2,1-2H3,(H,22,23). The third kappa shape index (κ3) is 2.94. The molecule has 0 saturated heterocycles. The molecule has 0 atom stereocenters. The third-order valence-corrected chi connectivity index (χ3v) is 4.70. The summed E-state index contributed by atoms with van der Waals surface area (Å²) >= 11 is 0. The minimum Gasteiger partial charge on any atom is -0.342 e. The van der Waals surface area contributed by atoms with Crippen molar-refractivity contribution in [3.05, 3.63) is 60.2 Å². The van der Waals surface area contributed by atoms with E-state index in [9.17, 15) is 4.79 Å². The highest BCUT2D eigenvalue weighted by molar-refractivity contribution is 5.97. The number of fused-ring (bicyclic) bond motifs is 2. The molecular formula is C20H21N5O. The highest BCUT2D eigenvalue weighted by Gasteiger charge is 2.16. The summed E-state index contributed by atoms with van der Waals surface area (Å²) in [6.45, 7) is 3.27. The first kappa shape index (κ1) is 16.3. The van der Waals surface area contributed by atoms with Crippen molar-refractivity contribution in [1.29, 1.82) is 0 Å². The molecule has 0 spiro atoms. The van der Waals surface area contributed by atoms with Crippen LogP contribution in [0, 0.1) is 0 Å². The van der Waals surface area contributed by atoms with Crippen LogP contribution in [0.25, 0.3) is 22.1 Å². The Morgan fingerprint density at radius 3 is 2.85 bits per heavy atom. The summed E-state index contributed by atoms with van der Waals surface area (Å²) in [5.74, 6) is 0.925. The number of hydrogen-bond acceptors (Lipinski definition) is 3. The van der Waals surface area contributed by atoms with Crippen LogP contribution in [0.4, 0.5) is 0 Å². The second-order valence-electron chi connectivity index (χ2n) is 6.39. The number of benzene rings is 2. The van der Waals surface area contributed by atoms with E-state index in [0.717, 1.165) is 27.9 Å². The van der Waals surface area contributed by atoms with Crippen molar-refractivity contribution in [2.24, 2.45) is 7.05 Å². The molecule has 4 rings (SSSR count). The van der Waals surface area contributed by atoms with Gasteiger partial charge in [0.15, 0.2) is 0 Å². The van der Waals surface area contributed by atoms with Gasteiger partial charge in [0, 0.05) is 32.1 Å². The summed E-state index contributed by atoms with van der Waals surface area (Å²) in [4.78, 5) is 27.0. The maximum absolute atomic E-state index is 12.9. The number of likely N-dealkylation sites (N-methyl/N-ethyl adjacent to an activating group) is 1. The summed E-state index contributed by atoms with van der Waals surface area (Å²) in [5, 5.41) is 0. The molecule has 1 amide bonds. The molecule has 0 saturated carbocycles. The van der Waals surface area contributed by atoms with E-state index in [1.54, 1.807) is 6.33 Å². The van der Waals surface area contributed by atoms with Gasteiger partial charge in [-0.05, 0) is 37.3 Å². The lowest BCUT2D eigenvalue weighted by atomic mass is 10.1. The number of aromatic amines is 1. The SMILES string of the molecule is CCN(CCc1nc2ccccc2[nH]1)C(=O)c1ccc2c(c1)ncn2C. The van der Waals surface area contributed by atoms with Gasteiger partial charge >= 0.3 is 0 Å². The fraction of sp³-hybridized carbons (Fsp3) is 0.250. The van der Waals surface area contributed by atoms with Crippen molar-refractivity contribution in [2.75, 3.05) is 13.1 Å². The maximum Gasteiger partial charge on any atom is 0.253 e. The predicted molar refractivity (Wildman–Crippen MR) is 102 cm³/mol. The number of carbonyl (C=O) groups excluding carboxylic acids is 1. The Bertz CT molecular complexity index is 1050. The van der Waals surface area contributed by atoms with E-state index < -0.39 is 0 Å². The number of rotatable bonds is 5. The molecule has 0 aliphatic heterocycles. The van der Waals surface area contributed by atoms with Gasteiger partial charge in [0.2, 0.25) is 0 Å². The van der Waals surface area contributed by atoms with Crippen molar-refractivity contribution >= 4 is 28.0 Å². The number of carbonyl (C=O) groups is 1. The Hall–Kier alpha value is -3.15. The van der Waals surface area contributed by atoms with E-state index in [1.165, 1.54) is 0 Å². The zero-order valence-electron chi connectivity index (χ0n) is 14.9. The molecule has 1 N–H and O–H groups in total. The molecule has 0 unspecified atom stereocenters. The number of nitrogens with zero attached hydrogens (tertiary/aromatic N) is 4. The predicted octanol–water partition coefficient (Wildman–Crippen LogP) is 3.15. The van der Waals surface area contributed by atoms with Crippen LogP contribution >= 0.6 is 0 Å². The average molecular weight is 347 g/mol. The molecule has 6 nitrogen and oxygen atoms in total. The Balaban J connectivity index is 1.50. The van der Waals surface area contributed by atoms with Crippen LogP contribution < -0.4 is 0 Å². The number of imidazole rings is 2. The molecule has 2 heterocycles. The number of aryl methyl sites for hydroxylation is 1. The van der Waals surface area contributed by atoms with Gasteiger partial charge in [-0.2, -0.15) is 0 Å². The van der Waals surface area contributed by atoms with Gasteiger partial charge in [0.25, 0.3) is 5.91 Å². The summed E-state index contributed by atoms with van der Waals surface area (Å²) in [7, 11) is 1.95. The van der Waals surface area contributed by atoms with Crippen molar-refractivity contribution < 1.29 is 4.79 Å². The number of aromatic nitrogens is 4. The van der Waals surface area contributed by atoms with E-state index in [1.807, 2.05) is 65.9 Å². The molecule has 4 aromatic rings. The van der Waals surface area contributed by atoms with E-state index in [4.69, 9.17) is 0 Å². The Kier molecular flexibility index (Phi) is 4.16. The Morgan fingerprint density at radius 1 is 1.19 bits per heavy atom. The van der Waals surface area contributed by atoms with Crippen molar-refractivity contribution in [2.45, 2.75) is 13.3 Å². The van der Waals surface area contributed by atoms with Crippen molar-refractivity contribution in [3.63, 3.8) is 0 Å². The number of hydrogen-bond donors (Lipinski definition) is 1. The second kappa shape index (κ2) is 6.63. The lowest BCUT2D eigenvalue weighted by Crippen LogP contribution is -2.32. The fourth-order valence-electron chi connectivity index (χ4n) is 3.22. The normalized spacial score (nSPS) is 11.3. The first-order chi connectivity index (χ1) is 12.7. The average Bonchev–Trinajstić information content (AvgIpc) is 3.25. The van der Waals surface area contributed by atoms with Gasteiger partial charge in [-0.15, -0.1) is 0 Å². The van der Waals surface area contributed by atoms with Gasteiger partial charge in [-0.1, -0.05) is 12.1 Å². The first-order valence-corrected chi connectivity index (χ1v) is 8.79. The van der Waals surface area contributed by atoms with E-state index >= 15 is 0 Å². The van der Waals surface area contributed by atoms with Crippen molar-refractivity contribution in [1.82, 2.24) is 24.4 Å². The third-order valence-electron chi connectivity index (χ3n) is 4.70. The van der Waals surface area contributed by atoms with Crippen LogP contribution in [-0.4, -0.2) is 43.4 Å². The number of amides is 1. The largest absolute Gasteiger partial charge is 0.342 e. The summed E-state index contributed by atoms with van der Waals surface area (Å²) in [6, 6.07) is 13.6. The van der Waals surface area contributed by atoms with Crippen LogP contribution in [-0.2, 0) is 13.5 Å². The number of nitrogens with one attached hydrogen (secondary N) is 1. The molecule has 0 fully saturated rings. The van der Waals surface area contributed by atoms with Crippen LogP contribution in [0.5, 0.6) is 0 Å². The first-order valence-electron chi connectivity index (χ1n) is 8.79. The zero-order valence-corrected chi connectivity index (χ0v) is 14.9. The summed E-state index contributed by atoms with van der Waals surface area (Å²) < 4.78 is 1.95. The van der Waals surface area contributed by atoms with Gasteiger partial charge in [-0.3, -0.25) is 4.79 Å². The van der Waals surface area contributed by atoms with E-state index in [-0.39, 0.29) is 5.91 Å². The Labute approximate surface area is 151 Å². The zero-order chi connectivity index (χ0) is 18.1. The highest BCUT2D eigenvalue weighted by Crippen LogP contribution is 2.16. The number of H-pyrrole nitrogens is 1. The number of para-hydroxylation sites is 2. The van der Waals surface area contributed by atoms with Crippen LogP contribution in [0.2, 0.25) is 0 Å². The molecular weight excluding hydrogens is 326 g/mol. The molecule has 2 aromatic carbocycles. The molecule has 0 bridgehead atoms. The smallest absolute Gasteiger partial charge is 0.253 e. The molecule has 0 radical (unpaired) electrons. The Morgan fingerprint density at radius 2 is 2.04 bits per heavy atom. The lowest BCUT2D eigenvalue weighted by molar-refractivity contribution is 0.0765. The fourth-order valence-corrected chi connectivity index (χ4v) is 3.22. The molecule has 26 heavy (non-hydrogen) atoms. The molecule has 0 aliphatic rings. The van der Waals surface area contributed by atoms with Gasteiger partial charge in [0.1, 0.15) is 5.82 Å². The minimum atomic E-state index is 0.0242. The van der Waals surface area contributed by atoms with E-state index in [0.29, 0.717) is 25.1 Å². The van der Waals surface area contributed by atoms with Gasteiger partial charge in [0.05, 0.1) is 28.4 Å². The van der Waals surface area contributed by atoms with Crippen LogP contribution in [0.3, 0.4) is 0 Å². The van der Waals surface area contributed by atoms with E-state index in [2.05, 4.69) is 15.0 Å². The summed E-state index contributed by atoms with van der Waals surface area (Å²) in [6.07, 6.45) is 2.46. The quantitative estimate of drug-likeness (QED) is 0.603. The molecule has 6 heteroatoms. The molecule has 132 valence electrons. The van der Waals surface area contributed by atoms with Crippen LogP contribution in [0.1, 0.15) is 23.1 Å². The molecule has 0 aliphatic carbocycles. The maximum atomic E-state index is 12.9. The van der Waals surface area contributed by atoms with Gasteiger partial charge in [-0.25, -0.2) is 9.97 Å². The topological polar surface area (TPSA) is 66.8 Å².